The highest BCUT2D eigenvalue weighted by molar-refractivity contribution is 5.97. The van der Waals surface area contributed by atoms with E-state index in [1.54, 1.807) is 17.0 Å². The van der Waals surface area contributed by atoms with Gasteiger partial charge in [-0.15, -0.1) is 10.2 Å². The van der Waals surface area contributed by atoms with Crippen LogP contribution in [0.25, 0.3) is 0 Å². The molecule has 2 N–H and O–H groups in total. The molecule has 0 bridgehead atoms. The fourth-order valence-corrected chi connectivity index (χ4v) is 4.35. The first-order valence-electron chi connectivity index (χ1n) is 12.0. The number of amides is 1. The maximum atomic E-state index is 13.5. The summed E-state index contributed by atoms with van der Waals surface area (Å²) >= 11 is 0. The Balaban J connectivity index is 1.40. The van der Waals surface area contributed by atoms with Gasteiger partial charge in [-0.3, -0.25) is 9.59 Å². The highest BCUT2D eigenvalue weighted by atomic mass is 19.1. The van der Waals surface area contributed by atoms with E-state index in [-0.39, 0.29) is 29.1 Å². The van der Waals surface area contributed by atoms with Crippen molar-refractivity contribution in [2.75, 3.05) is 42.7 Å². The zero-order chi connectivity index (χ0) is 25.7. The quantitative estimate of drug-likeness (QED) is 0.450. The SMILES string of the molecule is CC(=O)c1nnc(Nc2ccc(N3CCC(C(=O)N(C)C)CC3)cc2)cc1NCc1cccc(F)c1. The Morgan fingerprint density at radius 1 is 1.06 bits per heavy atom. The van der Waals surface area contributed by atoms with Gasteiger partial charge < -0.3 is 20.4 Å². The molecule has 0 atom stereocenters. The lowest BCUT2D eigenvalue weighted by Crippen LogP contribution is -2.40. The van der Waals surface area contributed by atoms with Crippen molar-refractivity contribution in [3.05, 3.63) is 71.7 Å². The van der Waals surface area contributed by atoms with Crippen molar-refractivity contribution in [1.29, 1.82) is 0 Å². The number of ketones is 1. The molecule has 1 saturated heterocycles. The minimum absolute atomic E-state index is 0.0949. The second-order valence-corrected chi connectivity index (χ2v) is 9.20. The highest BCUT2D eigenvalue weighted by Crippen LogP contribution is 2.27. The number of Topliss-reactive ketones (excluding diaryl/α,β-unsaturated/α-hetero) is 1. The number of nitrogens with one attached hydrogen (secondary N) is 2. The van der Waals surface area contributed by atoms with Crippen LogP contribution in [0, 0.1) is 11.7 Å². The van der Waals surface area contributed by atoms with Gasteiger partial charge in [0.05, 0.1) is 5.69 Å². The first-order valence-corrected chi connectivity index (χ1v) is 12.0. The van der Waals surface area contributed by atoms with Crippen LogP contribution in [0.1, 0.15) is 35.8 Å². The number of hydrogen-bond donors (Lipinski definition) is 2. The maximum absolute atomic E-state index is 13.5. The lowest BCUT2D eigenvalue weighted by atomic mass is 9.95. The number of carbonyl (C=O) groups excluding carboxylic acids is 2. The van der Waals surface area contributed by atoms with Crippen molar-refractivity contribution in [3.63, 3.8) is 0 Å². The van der Waals surface area contributed by atoms with Crippen molar-refractivity contribution in [2.45, 2.75) is 26.3 Å². The van der Waals surface area contributed by atoms with Crippen LogP contribution in [-0.2, 0) is 11.3 Å². The van der Waals surface area contributed by atoms with E-state index in [0.29, 0.717) is 18.1 Å². The molecule has 1 amide bonds. The molecule has 2 heterocycles. The van der Waals surface area contributed by atoms with Crippen molar-refractivity contribution in [2.24, 2.45) is 5.92 Å². The number of rotatable bonds is 8. The number of carbonyl (C=O) groups is 2. The number of piperidine rings is 1. The molecule has 0 aliphatic carbocycles. The lowest BCUT2D eigenvalue weighted by molar-refractivity contribution is -0.133. The normalized spacial score (nSPS) is 13.8. The summed E-state index contributed by atoms with van der Waals surface area (Å²) in [6.07, 6.45) is 1.70. The molecular formula is C27H31FN6O2. The third-order valence-electron chi connectivity index (χ3n) is 6.29. The van der Waals surface area contributed by atoms with E-state index >= 15 is 0 Å². The third-order valence-corrected chi connectivity index (χ3v) is 6.29. The molecule has 0 unspecified atom stereocenters. The summed E-state index contributed by atoms with van der Waals surface area (Å²) < 4.78 is 13.5. The molecule has 4 rings (SSSR count). The largest absolute Gasteiger partial charge is 0.379 e. The average molecular weight is 491 g/mol. The molecule has 0 spiro atoms. The molecule has 36 heavy (non-hydrogen) atoms. The van der Waals surface area contributed by atoms with E-state index in [4.69, 9.17) is 0 Å². The zero-order valence-electron chi connectivity index (χ0n) is 20.8. The predicted molar refractivity (Wildman–Crippen MR) is 139 cm³/mol. The number of benzene rings is 2. The van der Waals surface area contributed by atoms with E-state index in [1.165, 1.54) is 19.1 Å². The Hall–Kier alpha value is -4.01. The molecule has 8 nitrogen and oxygen atoms in total. The summed E-state index contributed by atoms with van der Waals surface area (Å²) in [5.41, 5.74) is 3.44. The smallest absolute Gasteiger partial charge is 0.225 e. The third kappa shape index (κ3) is 6.16. The predicted octanol–water partition coefficient (Wildman–Crippen LogP) is 4.48. The molecular weight excluding hydrogens is 459 g/mol. The molecule has 3 aromatic rings. The van der Waals surface area contributed by atoms with Crippen LogP contribution in [0.2, 0.25) is 0 Å². The minimum Gasteiger partial charge on any atom is -0.379 e. The fraction of sp³-hybridized carbons (Fsp3) is 0.333. The Labute approximate surface area is 210 Å². The number of halogens is 1. The second-order valence-electron chi connectivity index (χ2n) is 9.20. The van der Waals surface area contributed by atoms with Crippen LogP contribution in [0.15, 0.2) is 54.6 Å². The highest BCUT2D eigenvalue weighted by Gasteiger charge is 2.26. The monoisotopic (exact) mass is 490 g/mol. The van der Waals surface area contributed by atoms with Crippen LogP contribution >= 0.6 is 0 Å². The van der Waals surface area contributed by atoms with Gasteiger partial charge >= 0.3 is 0 Å². The van der Waals surface area contributed by atoms with Crippen LogP contribution in [0.4, 0.5) is 27.3 Å². The molecule has 0 radical (unpaired) electrons. The van der Waals surface area contributed by atoms with Crippen molar-refractivity contribution >= 4 is 34.6 Å². The Morgan fingerprint density at radius 3 is 2.42 bits per heavy atom. The summed E-state index contributed by atoms with van der Waals surface area (Å²) in [6.45, 7) is 3.46. The van der Waals surface area contributed by atoms with Crippen LogP contribution < -0.4 is 15.5 Å². The molecule has 2 aromatic carbocycles. The van der Waals surface area contributed by atoms with Crippen molar-refractivity contribution in [3.8, 4) is 0 Å². The molecule has 0 saturated carbocycles. The summed E-state index contributed by atoms with van der Waals surface area (Å²) in [5, 5.41) is 14.6. The molecule has 1 fully saturated rings. The van der Waals surface area contributed by atoms with Gasteiger partial charge in [-0.1, -0.05) is 12.1 Å². The van der Waals surface area contributed by atoms with Crippen molar-refractivity contribution < 1.29 is 14.0 Å². The fourth-order valence-electron chi connectivity index (χ4n) is 4.35. The summed E-state index contributed by atoms with van der Waals surface area (Å²) in [6, 6.07) is 16.0. The van der Waals surface area contributed by atoms with E-state index in [1.807, 2.05) is 44.4 Å². The number of nitrogens with zero attached hydrogens (tertiary/aromatic N) is 4. The van der Waals surface area contributed by atoms with E-state index < -0.39 is 0 Å². The molecule has 1 aliphatic heterocycles. The number of anilines is 4. The molecule has 188 valence electrons. The summed E-state index contributed by atoms with van der Waals surface area (Å²) in [4.78, 5) is 28.2. The lowest BCUT2D eigenvalue weighted by Gasteiger charge is -2.34. The zero-order valence-corrected chi connectivity index (χ0v) is 20.8. The first-order chi connectivity index (χ1) is 17.3. The minimum atomic E-state index is -0.314. The van der Waals surface area contributed by atoms with Gasteiger partial charge in [0.1, 0.15) is 5.82 Å². The second kappa shape index (κ2) is 11.2. The Bertz CT molecular complexity index is 1220. The first kappa shape index (κ1) is 25.1. The topological polar surface area (TPSA) is 90.5 Å². The van der Waals surface area contributed by atoms with Crippen LogP contribution in [0.3, 0.4) is 0 Å². The molecule has 9 heteroatoms. The van der Waals surface area contributed by atoms with Gasteiger partial charge in [0.2, 0.25) is 5.91 Å². The van der Waals surface area contributed by atoms with Gasteiger partial charge in [-0.25, -0.2) is 4.39 Å². The summed E-state index contributed by atoms with van der Waals surface area (Å²) in [7, 11) is 3.61. The Kier molecular flexibility index (Phi) is 7.77. The maximum Gasteiger partial charge on any atom is 0.225 e. The standard InChI is InChI=1S/C27H31FN6O2/c1-18(35)26-24(29-17-19-5-4-6-21(28)15-19)16-25(31-32-26)30-22-7-9-23(10-8-22)34-13-11-20(12-14-34)27(36)33(2)3/h4-10,15-16,20H,11-14,17H2,1-3H3,(H2,29,30,31). The van der Waals surface area contributed by atoms with E-state index in [0.717, 1.165) is 42.9 Å². The van der Waals surface area contributed by atoms with Crippen molar-refractivity contribution in [1.82, 2.24) is 15.1 Å². The number of hydrogen-bond acceptors (Lipinski definition) is 7. The average Bonchev–Trinajstić information content (AvgIpc) is 2.87. The summed E-state index contributed by atoms with van der Waals surface area (Å²) in [5.74, 6) is 0.258. The van der Waals surface area contributed by atoms with Crippen LogP contribution in [0.5, 0.6) is 0 Å². The molecule has 1 aromatic heterocycles. The van der Waals surface area contributed by atoms with E-state index in [2.05, 4.69) is 25.7 Å². The Morgan fingerprint density at radius 2 is 1.78 bits per heavy atom. The van der Waals surface area contributed by atoms with Gasteiger partial charge in [0.25, 0.3) is 0 Å². The number of aromatic nitrogens is 2. The van der Waals surface area contributed by atoms with Gasteiger partial charge in [0.15, 0.2) is 17.3 Å². The van der Waals surface area contributed by atoms with Gasteiger partial charge in [-0.2, -0.15) is 0 Å². The van der Waals surface area contributed by atoms with Gasteiger partial charge in [0, 0.05) is 64.0 Å². The van der Waals surface area contributed by atoms with Gasteiger partial charge in [-0.05, 0) is 54.8 Å². The van der Waals surface area contributed by atoms with Crippen LogP contribution in [-0.4, -0.2) is 54.0 Å². The van der Waals surface area contributed by atoms with E-state index in [9.17, 15) is 14.0 Å². The molecule has 1 aliphatic rings.